The lowest BCUT2D eigenvalue weighted by molar-refractivity contribution is -0.127. The Balaban J connectivity index is 2.61. The van der Waals surface area contributed by atoms with E-state index in [0.717, 1.165) is 5.56 Å². The third-order valence-corrected chi connectivity index (χ3v) is 2.49. The van der Waals surface area contributed by atoms with Crippen LogP contribution in [0.15, 0.2) is 36.4 Å². The van der Waals surface area contributed by atoms with Crippen LogP contribution < -0.4 is 0 Å². The maximum atomic E-state index is 11.6. The van der Waals surface area contributed by atoms with Gasteiger partial charge in [-0.05, 0) is 18.6 Å². The van der Waals surface area contributed by atoms with Crippen LogP contribution in [0.1, 0.15) is 12.5 Å². The van der Waals surface area contributed by atoms with Gasteiger partial charge in [0.2, 0.25) is 5.91 Å². The molecule has 86 valence electrons. The fourth-order valence-electron chi connectivity index (χ4n) is 1.19. The number of carbonyl (C=O) groups excluding carboxylic acids is 1. The zero-order chi connectivity index (χ0) is 12.0. The number of hydrogen-bond acceptors (Lipinski definition) is 2. The zero-order valence-electron chi connectivity index (χ0n) is 9.63. The monoisotopic (exact) mass is 219 g/mol. The van der Waals surface area contributed by atoms with E-state index in [1.165, 1.54) is 11.0 Å². The van der Waals surface area contributed by atoms with Crippen molar-refractivity contribution < 1.29 is 9.90 Å². The van der Waals surface area contributed by atoms with Crippen molar-refractivity contribution in [3.8, 4) is 0 Å². The van der Waals surface area contributed by atoms with E-state index in [9.17, 15) is 4.79 Å². The molecule has 0 fully saturated rings. The van der Waals surface area contributed by atoms with Crippen molar-refractivity contribution in [3.63, 3.8) is 0 Å². The Morgan fingerprint density at radius 1 is 1.44 bits per heavy atom. The van der Waals surface area contributed by atoms with Gasteiger partial charge in [-0.3, -0.25) is 4.79 Å². The standard InChI is InChI=1S/C13H17NO2/c1-11(10-15)14(2)13(16)9-8-12-6-4-3-5-7-12/h3-9,11,15H,10H2,1-2H3/b9-8+. The second-order valence-corrected chi connectivity index (χ2v) is 3.72. The molecule has 16 heavy (non-hydrogen) atoms. The topological polar surface area (TPSA) is 40.5 Å². The zero-order valence-corrected chi connectivity index (χ0v) is 9.63. The Bertz CT molecular complexity index is 359. The molecule has 0 aliphatic heterocycles. The van der Waals surface area contributed by atoms with Gasteiger partial charge in [0, 0.05) is 13.1 Å². The molecule has 1 unspecified atom stereocenters. The first kappa shape index (κ1) is 12.5. The van der Waals surface area contributed by atoms with Gasteiger partial charge in [-0.25, -0.2) is 0 Å². The first-order valence-electron chi connectivity index (χ1n) is 5.26. The van der Waals surface area contributed by atoms with Crippen molar-refractivity contribution in [2.24, 2.45) is 0 Å². The first-order chi connectivity index (χ1) is 7.65. The average Bonchev–Trinajstić information content (AvgIpc) is 2.35. The summed E-state index contributed by atoms with van der Waals surface area (Å²) in [5, 5.41) is 8.92. The van der Waals surface area contributed by atoms with Crippen LogP contribution in [0.25, 0.3) is 6.08 Å². The summed E-state index contributed by atoms with van der Waals surface area (Å²) in [7, 11) is 1.68. The van der Waals surface area contributed by atoms with E-state index in [1.54, 1.807) is 20.0 Å². The summed E-state index contributed by atoms with van der Waals surface area (Å²) >= 11 is 0. The normalized spacial score (nSPS) is 12.7. The van der Waals surface area contributed by atoms with Gasteiger partial charge < -0.3 is 10.0 Å². The summed E-state index contributed by atoms with van der Waals surface area (Å²) < 4.78 is 0. The van der Waals surface area contributed by atoms with E-state index in [4.69, 9.17) is 5.11 Å². The van der Waals surface area contributed by atoms with Gasteiger partial charge in [0.15, 0.2) is 0 Å². The van der Waals surface area contributed by atoms with Gasteiger partial charge >= 0.3 is 0 Å². The largest absolute Gasteiger partial charge is 0.394 e. The van der Waals surface area contributed by atoms with Crippen LogP contribution in [0.5, 0.6) is 0 Å². The van der Waals surface area contributed by atoms with Gasteiger partial charge in [0.1, 0.15) is 0 Å². The quantitative estimate of drug-likeness (QED) is 0.780. The van der Waals surface area contributed by atoms with E-state index >= 15 is 0 Å². The van der Waals surface area contributed by atoms with Crippen molar-refractivity contribution in [2.45, 2.75) is 13.0 Å². The number of amides is 1. The molecule has 0 aliphatic carbocycles. The molecule has 0 spiro atoms. The molecule has 3 heteroatoms. The first-order valence-corrected chi connectivity index (χ1v) is 5.26. The lowest BCUT2D eigenvalue weighted by Crippen LogP contribution is -2.36. The fourth-order valence-corrected chi connectivity index (χ4v) is 1.19. The van der Waals surface area contributed by atoms with Crippen LogP contribution in [-0.2, 0) is 4.79 Å². The smallest absolute Gasteiger partial charge is 0.246 e. The molecule has 0 aromatic heterocycles. The van der Waals surface area contributed by atoms with E-state index < -0.39 is 0 Å². The number of aliphatic hydroxyl groups excluding tert-OH is 1. The Kier molecular flexibility index (Phi) is 4.73. The summed E-state index contributed by atoms with van der Waals surface area (Å²) in [6.45, 7) is 1.77. The summed E-state index contributed by atoms with van der Waals surface area (Å²) in [6.07, 6.45) is 3.28. The van der Waals surface area contributed by atoms with Crippen molar-refractivity contribution in [1.29, 1.82) is 0 Å². The van der Waals surface area contributed by atoms with Gasteiger partial charge in [-0.15, -0.1) is 0 Å². The van der Waals surface area contributed by atoms with Gasteiger partial charge in [-0.2, -0.15) is 0 Å². The van der Waals surface area contributed by atoms with Crippen molar-refractivity contribution in [3.05, 3.63) is 42.0 Å². The predicted octanol–water partition coefficient (Wildman–Crippen LogP) is 1.54. The molecule has 0 saturated heterocycles. The highest BCUT2D eigenvalue weighted by atomic mass is 16.3. The molecule has 1 amide bonds. The molecule has 1 N–H and O–H groups in total. The molecular weight excluding hydrogens is 202 g/mol. The van der Waals surface area contributed by atoms with E-state index in [-0.39, 0.29) is 18.6 Å². The Morgan fingerprint density at radius 2 is 2.06 bits per heavy atom. The van der Waals surface area contributed by atoms with Gasteiger partial charge in [0.05, 0.1) is 12.6 Å². The summed E-state index contributed by atoms with van der Waals surface area (Å²) in [6, 6.07) is 9.47. The molecule has 0 radical (unpaired) electrons. The summed E-state index contributed by atoms with van der Waals surface area (Å²) in [5.41, 5.74) is 0.987. The molecule has 1 rings (SSSR count). The van der Waals surface area contributed by atoms with Crippen LogP contribution >= 0.6 is 0 Å². The van der Waals surface area contributed by atoms with E-state index in [0.29, 0.717) is 0 Å². The molecule has 0 heterocycles. The van der Waals surface area contributed by atoms with E-state index in [2.05, 4.69) is 0 Å². The Labute approximate surface area is 96.0 Å². The summed E-state index contributed by atoms with van der Waals surface area (Å²) in [4.78, 5) is 13.2. The molecular formula is C13H17NO2. The van der Waals surface area contributed by atoms with Crippen LogP contribution in [-0.4, -0.2) is 35.6 Å². The Hall–Kier alpha value is -1.61. The number of hydrogen-bond donors (Lipinski definition) is 1. The van der Waals surface area contributed by atoms with Crippen LogP contribution in [0.3, 0.4) is 0 Å². The minimum Gasteiger partial charge on any atom is -0.394 e. The third kappa shape index (κ3) is 3.51. The van der Waals surface area contributed by atoms with Gasteiger partial charge in [0.25, 0.3) is 0 Å². The maximum absolute atomic E-state index is 11.6. The van der Waals surface area contributed by atoms with Crippen LogP contribution in [0.4, 0.5) is 0 Å². The maximum Gasteiger partial charge on any atom is 0.246 e. The lowest BCUT2D eigenvalue weighted by atomic mass is 10.2. The van der Waals surface area contributed by atoms with Crippen molar-refractivity contribution >= 4 is 12.0 Å². The molecule has 0 saturated carbocycles. The minimum atomic E-state index is -0.159. The molecule has 1 atom stereocenters. The highest BCUT2D eigenvalue weighted by Gasteiger charge is 2.11. The fraction of sp³-hybridized carbons (Fsp3) is 0.308. The molecule has 0 bridgehead atoms. The SMILES string of the molecule is CC(CO)N(C)C(=O)/C=C/c1ccccc1. The number of likely N-dealkylation sites (N-methyl/N-ethyl adjacent to an activating group) is 1. The van der Waals surface area contributed by atoms with Crippen LogP contribution in [0.2, 0.25) is 0 Å². The molecule has 1 aromatic rings. The average molecular weight is 219 g/mol. The number of aliphatic hydroxyl groups is 1. The molecule has 0 aliphatic rings. The highest BCUT2D eigenvalue weighted by Crippen LogP contribution is 2.03. The number of carbonyl (C=O) groups is 1. The third-order valence-electron chi connectivity index (χ3n) is 2.49. The van der Waals surface area contributed by atoms with Crippen molar-refractivity contribution in [2.75, 3.05) is 13.7 Å². The van der Waals surface area contributed by atoms with Crippen molar-refractivity contribution in [1.82, 2.24) is 4.90 Å². The second-order valence-electron chi connectivity index (χ2n) is 3.72. The summed E-state index contributed by atoms with van der Waals surface area (Å²) in [5.74, 6) is -0.106. The van der Waals surface area contributed by atoms with Crippen LogP contribution in [0, 0.1) is 0 Å². The number of rotatable bonds is 4. The number of nitrogens with zero attached hydrogens (tertiary/aromatic N) is 1. The predicted molar refractivity (Wildman–Crippen MR) is 64.8 cm³/mol. The lowest BCUT2D eigenvalue weighted by Gasteiger charge is -2.21. The Morgan fingerprint density at radius 3 is 2.62 bits per heavy atom. The van der Waals surface area contributed by atoms with Gasteiger partial charge in [-0.1, -0.05) is 30.3 Å². The molecule has 1 aromatic carbocycles. The second kappa shape index (κ2) is 6.08. The number of benzene rings is 1. The minimum absolute atomic E-state index is 0.0264. The molecule has 3 nitrogen and oxygen atoms in total. The van der Waals surface area contributed by atoms with E-state index in [1.807, 2.05) is 30.3 Å². The highest BCUT2D eigenvalue weighted by molar-refractivity contribution is 5.91.